The zero-order chi connectivity index (χ0) is 20.1. The van der Waals surface area contributed by atoms with Gasteiger partial charge in [-0.25, -0.2) is 0 Å². The van der Waals surface area contributed by atoms with Crippen molar-refractivity contribution in [2.24, 2.45) is 0 Å². The van der Waals surface area contributed by atoms with E-state index in [1.54, 1.807) is 0 Å². The van der Waals surface area contributed by atoms with Gasteiger partial charge in [0.25, 0.3) is 11.8 Å². The molecule has 0 radical (unpaired) electrons. The number of rotatable bonds is 4. The highest BCUT2D eigenvalue weighted by Gasteiger charge is 2.30. The predicted octanol–water partition coefficient (Wildman–Crippen LogP) is 4.42. The molecule has 28 heavy (non-hydrogen) atoms. The van der Waals surface area contributed by atoms with Gasteiger partial charge in [0.15, 0.2) is 0 Å². The van der Waals surface area contributed by atoms with Crippen molar-refractivity contribution < 1.29 is 22.8 Å². The molecule has 3 rings (SSSR count). The lowest BCUT2D eigenvalue weighted by Gasteiger charge is -2.22. The van der Waals surface area contributed by atoms with E-state index in [9.17, 15) is 22.8 Å². The Labute approximate surface area is 160 Å². The number of halogens is 3. The largest absolute Gasteiger partial charge is 0.416 e. The van der Waals surface area contributed by atoms with Gasteiger partial charge in [-0.15, -0.1) is 0 Å². The van der Waals surface area contributed by atoms with Crippen molar-refractivity contribution in [3.05, 3.63) is 59.4 Å². The quantitative estimate of drug-likeness (QED) is 0.811. The highest BCUT2D eigenvalue weighted by Crippen LogP contribution is 2.30. The van der Waals surface area contributed by atoms with Crippen LogP contribution in [0.5, 0.6) is 0 Å². The minimum Gasteiger partial charge on any atom is -0.349 e. The summed E-state index contributed by atoms with van der Waals surface area (Å²) in [6, 6.07) is 5.85. The fourth-order valence-electron chi connectivity index (χ4n) is 3.18. The van der Waals surface area contributed by atoms with Crippen molar-refractivity contribution in [1.82, 2.24) is 10.3 Å². The topological polar surface area (TPSA) is 71.1 Å². The average Bonchev–Trinajstić information content (AvgIpc) is 2.68. The Bertz CT molecular complexity index is 862. The van der Waals surface area contributed by atoms with Crippen LogP contribution in [0, 0.1) is 0 Å². The van der Waals surface area contributed by atoms with E-state index in [1.165, 1.54) is 37.0 Å². The van der Waals surface area contributed by atoms with E-state index in [0.717, 1.165) is 37.8 Å². The molecule has 0 unspecified atom stereocenters. The second kappa shape index (κ2) is 8.41. The first-order valence-electron chi connectivity index (χ1n) is 9.07. The molecule has 1 fully saturated rings. The maximum Gasteiger partial charge on any atom is 0.416 e. The second-order valence-corrected chi connectivity index (χ2v) is 6.80. The number of carbonyl (C=O) groups is 2. The number of anilines is 1. The molecule has 2 amide bonds. The van der Waals surface area contributed by atoms with Crippen molar-refractivity contribution in [2.75, 3.05) is 5.32 Å². The Hall–Kier alpha value is -2.90. The van der Waals surface area contributed by atoms with Crippen LogP contribution in [0.2, 0.25) is 0 Å². The third-order valence-corrected chi connectivity index (χ3v) is 4.65. The van der Waals surface area contributed by atoms with Crippen molar-refractivity contribution in [3.63, 3.8) is 0 Å². The third-order valence-electron chi connectivity index (χ3n) is 4.65. The predicted molar refractivity (Wildman–Crippen MR) is 98.0 cm³/mol. The lowest BCUT2D eigenvalue weighted by Crippen LogP contribution is -2.36. The lowest BCUT2D eigenvalue weighted by molar-refractivity contribution is -0.137. The molecular formula is C20H20F3N3O2. The number of alkyl halides is 3. The van der Waals surface area contributed by atoms with Crippen LogP contribution in [0.4, 0.5) is 18.9 Å². The zero-order valence-electron chi connectivity index (χ0n) is 15.1. The molecule has 1 aromatic carbocycles. The Kier molecular flexibility index (Phi) is 5.96. The summed E-state index contributed by atoms with van der Waals surface area (Å²) in [6.07, 6.45) is 3.28. The van der Waals surface area contributed by atoms with Gasteiger partial charge in [0, 0.05) is 24.1 Å². The fourth-order valence-corrected chi connectivity index (χ4v) is 3.18. The molecule has 0 atom stereocenters. The van der Waals surface area contributed by atoms with Crippen LogP contribution in [0.1, 0.15) is 58.4 Å². The number of nitrogens with one attached hydrogen (secondary N) is 2. The molecule has 8 heteroatoms. The standard InChI is InChI=1S/C20H20F3N3O2/c21-20(22,23)15-5-4-8-17(10-15)26-19(28)14-9-13(11-24-12-14)18(27)25-16-6-2-1-3-7-16/h4-5,8-12,16H,1-3,6-7H2,(H,25,27)(H,26,28). The van der Waals surface area contributed by atoms with E-state index in [4.69, 9.17) is 0 Å². The van der Waals surface area contributed by atoms with Gasteiger partial charge in [-0.3, -0.25) is 14.6 Å². The Morgan fingerprint density at radius 2 is 1.64 bits per heavy atom. The number of hydrogen-bond donors (Lipinski definition) is 2. The molecule has 2 aromatic rings. The summed E-state index contributed by atoms with van der Waals surface area (Å²) in [5, 5.41) is 5.35. The van der Waals surface area contributed by atoms with Crippen LogP contribution in [-0.2, 0) is 6.18 Å². The summed E-state index contributed by atoms with van der Waals surface area (Å²) in [6.45, 7) is 0. The van der Waals surface area contributed by atoms with Crippen LogP contribution in [0.15, 0.2) is 42.7 Å². The van der Waals surface area contributed by atoms with E-state index in [1.807, 2.05) is 0 Å². The minimum atomic E-state index is -4.50. The van der Waals surface area contributed by atoms with Gasteiger partial charge in [-0.05, 0) is 37.1 Å². The third kappa shape index (κ3) is 5.09. The van der Waals surface area contributed by atoms with Gasteiger partial charge < -0.3 is 10.6 Å². The molecule has 0 spiro atoms. The van der Waals surface area contributed by atoms with Gasteiger partial charge in [0.05, 0.1) is 16.7 Å². The second-order valence-electron chi connectivity index (χ2n) is 6.80. The SMILES string of the molecule is O=C(Nc1cccc(C(F)(F)F)c1)c1cncc(C(=O)NC2CCCCC2)c1. The number of benzene rings is 1. The summed E-state index contributed by atoms with van der Waals surface area (Å²) in [5.74, 6) is -0.952. The number of amides is 2. The molecule has 1 saturated carbocycles. The normalized spacial score (nSPS) is 15.1. The first-order chi connectivity index (χ1) is 13.3. The van der Waals surface area contributed by atoms with Crippen LogP contribution < -0.4 is 10.6 Å². The molecule has 1 aromatic heterocycles. The van der Waals surface area contributed by atoms with Gasteiger partial charge in [-0.2, -0.15) is 13.2 Å². The molecule has 0 bridgehead atoms. The highest BCUT2D eigenvalue weighted by atomic mass is 19.4. The molecular weight excluding hydrogens is 371 g/mol. The lowest BCUT2D eigenvalue weighted by atomic mass is 9.95. The molecule has 0 aliphatic heterocycles. The fraction of sp³-hybridized carbons (Fsp3) is 0.350. The molecule has 1 aliphatic carbocycles. The summed E-state index contributed by atoms with van der Waals surface area (Å²) in [4.78, 5) is 28.7. The number of hydrogen-bond acceptors (Lipinski definition) is 3. The average molecular weight is 391 g/mol. The van der Waals surface area contributed by atoms with Crippen LogP contribution in [0.3, 0.4) is 0 Å². The smallest absolute Gasteiger partial charge is 0.349 e. The van der Waals surface area contributed by atoms with Gasteiger partial charge in [0.1, 0.15) is 0 Å². The summed E-state index contributed by atoms with van der Waals surface area (Å²) in [7, 11) is 0. The maximum atomic E-state index is 12.8. The van der Waals surface area contributed by atoms with E-state index in [-0.39, 0.29) is 28.8 Å². The number of pyridine rings is 1. The van der Waals surface area contributed by atoms with E-state index in [2.05, 4.69) is 15.6 Å². The summed E-state index contributed by atoms with van der Waals surface area (Å²) < 4.78 is 38.4. The summed E-state index contributed by atoms with van der Waals surface area (Å²) >= 11 is 0. The number of nitrogens with zero attached hydrogens (tertiary/aromatic N) is 1. The Balaban J connectivity index is 1.69. The number of aromatic nitrogens is 1. The number of carbonyl (C=O) groups excluding carboxylic acids is 2. The van der Waals surface area contributed by atoms with Crippen molar-refractivity contribution in [1.29, 1.82) is 0 Å². The van der Waals surface area contributed by atoms with Crippen molar-refractivity contribution >= 4 is 17.5 Å². The molecule has 2 N–H and O–H groups in total. The van der Waals surface area contributed by atoms with Gasteiger partial charge in [-0.1, -0.05) is 25.3 Å². The van der Waals surface area contributed by atoms with Crippen molar-refractivity contribution in [2.45, 2.75) is 44.3 Å². The molecule has 1 heterocycles. The highest BCUT2D eigenvalue weighted by molar-refractivity contribution is 6.05. The van der Waals surface area contributed by atoms with E-state index >= 15 is 0 Å². The van der Waals surface area contributed by atoms with Gasteiger partial charge >= 0.3 is 6.18 Å². The molecule has 1 aliphatic rings. The minimum absolute atomic E-state index is 0.0110. The molecule has 148 valence electrons. The van der Waals surface area contributed by atoms with Crippen LogP contribution in [-0.4, -0.2) is 22.8 Å². The Morgan fingerprint density at radius 1 is 0.964 bits per heavy atom. The van der Waals surface area contributed by atoms with Crippen LogP contribution >= 0.6 is 0 Å². The Morgan fingerprint density at radius 3 is 2.32 bits per heavy atom. The van der Waals surface area contributed by atoms with Crippen LogP contribution in [0.25, 0.3) is 0 Å². The first-order valence-corrected chi connectivity index (χ1v) is 9.07. The summed E-state index contributed by atoms with van der Waals surface area (Å²) in [5.41, 5.74) is -0.517. The van der Waals surface area contributed by atoms with Gasteiger partial charge in [0.2, 0.25) is 0 Å². The zero-order valence-corrected chi connectivity index (χ0v) is 15.1. The van der Waals surface area contributed by atoms with E-state index < -0.39 is 17.6 Å². The molecule has 5 nitrogen and oxygen atoms in total. The molecule has 0 saturated heterocycles. The van der Waals surface area contributed by atoms with E-state index in [0.29, 0.717) is 0 Å². The van der Waals surface area contributed by atoms with Crippen molar-refractivity contribution in [3.8, 4) is 0 Å². The monoisotopic (exact) mass is 391 g/mol. The first kappa shape index (κ1) is 19.9. The maximum absolute atomic E-state index is 12.8.